The Balaban J connectivity index is 0. The van der Waals surface area contributed by atoms with Crippen molar-refractivity contribution < 1.29 is 20.1 Å². The molecule has 0 unspecified atom stereocenters. The molecule has 74 valence electrons. The van der Waals surface area contributed by atoms with Crippen LogP contribution in [0.5, 0.6) is 0 Å². The van der Waals surface area contributed by atoms with E-state index < -0.39 is 5.97 Å². The van der Waals surface area contributed by atoms with E-state index in [1.165, 1.54) is 6.08 Å². The van der Waals surface area contributed by atoms with E-state index in [9.17, 15) is 4.79 Å². The summed E-state index contributed by atoms with van der Waals surface area (Å²) in [5.41, 5.74) is -0.183. The van der Waals surface area contributed by atoms with Gasteiger partial charge in [-0.25, -0.2) is 4.79 Å². The molecule has 0 rings (SSSR count). The second-order valence-electron chi connectivity index (χ2n) is 1.89. The molecule has 0 bridgehead atoms. The van der Waals surface area contributed by atoms with Gasteiger partial charge in [0.25, 0.3) is 0 Å². The number of carboxylic acids is 1. The topological polar surface area (TPSA) is 102 Å². The number of nitriles is 1. The lowest BCUT2D eigenvalue weighted by atomic mass is 10.2. The van der Waals surface area contributed by atoms with Crippen LogP contribution in [0, 0.1) is 11.3 Å². The average Bonchev–Trinajstić information content (AvgIpc) is 2.14. The van der Waals surface area contributed by atoms with E-state index in [1.807, 2.05) is 0 Å². The van der Waals surface area contributed by atoms with Gasteiger partial charge in [-0.3, -0.25) is 0 Å². The zero-order valence-corrected chi connectivity index (χ0v) is 7.40. The molecule has 0 spiro atoms. The molecule has 0 saturated heterocycles. The number of hydrogen-bond acceptors (Lipinski definition) is 4. The fourth-order valence-electron chi connectivity index (χ4n) is 0.385. The summed E-state index contributed by atoms with van der Waals surface area (Å²) >= 11 is 0. The van der Waals surface area contributed by atoms with Crippen LogP contribution in [-0.4, -0.2) is 34.5 Å². The maximum absolute atomic E-state index is 10.0. The van der Waals surface area contributed by atoms with Crippen molar-refractivity contribution in [2.75, 3.05) is 13.2 Å². The SMILES string of the molecule is CCC=C(C#N)C(=O)O.OCCO. The van der Waals surface area contributed by atoms with Crippen LogP contribution in [0.1, 0.15) is 13.3 Å². The fourth-order valence-corrected chi connectivity index (χ4v) is 0.385. The first-order chi connectivity index (χ1) is 6.13. The van der Waals surface area contributed by atoms with Crippen LogP contribution in [0.15, 0.2) is 11.6 Å². The normalized spacial score (nSPS) is 9.54. The van der Waals surface area contributed by atoms with Crippen molar-refractivity contribution >= 4 is 5.97 Å². The van der Waals surface area contributed by atoms with Gasteiger partial charge < -0.3 is 15.3 Å². The Morgan fingerprint density at radius 2 is 1.92 bits per heavy atom. The van der Waals surface area contributed by atoms with E-state index in [4.69, 9.17) is 20.6 Å². The standard InChI is InChI=1S/C6H7NO2.C2H6O2/c1-2-3-5(4-7)6(8)9;3-1-2-4/h3H,2H2,1H3,(H,8,9);3-4H,1-2H2. The van der Waals surface area contributed by atoms with Gasteiger partial charge in [-0.15, -0.1) is 0 Å². The second kappa shape index (κ2) is 10.6. The average molecular weight is 187 g/mol. The largest absolute Gasteiger partial charge is 0.477 e. The third-order valence-electron chi connectivity index (χ3n) is 0.859. The summed E-state index contributed by atoms with van der Waals surface area (Å²) in [5, 5.41) is 31.6. The summed E-state index contributed by atoms with van der Waals surface area (Å²) < 4.78 is 0. The van der Waals surface area contributed by atoms with Crippen molar-refractivity contribution in [1.29, 1.82) is 5.26 Å². The quantitative estimate of drug-likeness (QED) is 0.423. The van der Waals surface area contributed by atoms with Crippen molar-refractivity contribution in [2.24, 2.45) is 0 Å². The molecule has 3 N–H and O–H groups in total. The molecule has 0 amide bonds. The molecule has 0 fully saturated rings. The second-order valence-corrected chi connectivity index (χ2v) is 1.89. The summed E-state index contributed by atoms with van der Waals surface area (Å²) in [4.78, 5) is 10.0. The Morgan fingerprint density at radius 3 is 2.00 bits per heavy atom. The van der Waals surface area contributed by atoms with Crippen molar-refractivity contribution in [3.05, 3.63) is 11.6 Å². The minimum Gasteiger partial charge on any atom is -0.477 e. The molecule has 0 aromatic heterocycles. The van der Waals surface area contributed by atoms with E-state index in [0.717, 1.165) is 0 Å². The number of aliphatic carboxylic acids is 1. The van der Waals surface area contributed by atoms with Gasteiger partial charge >= 0.3 is 5.97 Å². The van der Waals surface area contributed by atoms with E-state index in [0.29, 0.717) is 6.42 Å². The van der Waals surface area contributed by atoms with E-state index >= 15 is 0 Å². The van der Waals surface area contributed by atoms with Crippen LogP contribution >= 0.6 is 0 Å². The molecular weight excluding hydrogens is 174 g/mol. The predicted molar refractivity (Wildman–Crippen MR) is 45.8 cm³/mol. The summed E-state index contributed by atoms with van der Waals surface area (Å²) in [6.45, 7) is 1.53. The number of nitrogens with zero attached hydrogens (tertiary/aromatic N) is 1. The van der Waals surface area contributed by atoms with Crippen molar-refractivity contribution in [3.63, 3.8) is 0 Å². The summed E-state index contributed by atoms with van der Waals surface area (Å²) in [5.74, 6) is -1.15. The van der Waals surface area contributed by atoms with Crippen LogP contribution in [0.4, 0.5) is 0 Å². The summed E-state index contributed by atoms with van der Waals surface area (Å²) in [7, 11) is 0. The van der Waals surface area contributed by atoms with Crippen LogP contribution < -0.4 is 0 Å². The van der Waals surface area contributed by atoms with Crippen LogP contribution in [0.25, 0.3) is 0 Å². The molecule has 0 aliphatic carbocycles. The number of carbonyl (C=O) groups is 1. The lowest BCUT2D eigenvalue weighted by molar-refractivity contribution is -0.132. The molecule has 13 heavy (non-hydrogen) atoms. The molecule has 5 heteroatoms. The van der Waals surface area contributed by atoms with Gasteiger partial charge in [0.2, 0.25) is 0 Å². The maximum Gasteiger partial charge on any atom is 0.346 e. The highest BCUT2D eigenvalue weighted by atomic mass is 16.4. The lowest BCUT2D eigenvalue weighted by Crippen LogP contribution is -1.96. The van der Waals surface area contributed by atoms with Gasteiger partial charge in [0.1, 0.15) is 11.6 Å². The first kappa shape index (κ1) is 14.2. The Bertz CT molecular complexity index is 203. The first-order valence-electron chi connectivity index (χ1n) is 3.69. The van der Waals surface area contributed by atoms with Crippen molar-refractivity contribution in [2.45, 2.75) is 13.3 Å². The van der Waals surface area contributed by atoms with Gasteiger partial charge in [-0.05, 0) is 6.42 Å². The van der Waals surface area contributed by atoms with Crippen molar-refractivity contribution in [3.8, 4) is 6.07 Å². The van der Waals surface area contributed by atoms with E-state index in [1.54, 1.807) is 13.0 Å². The number of carboxylic acid groups (broad SMARTS) is 1. The zero-order valence-electron chi connectivity index (χ0n) is 7.40. The Kier molecular flexibility index (Phi) is 11.6. The smallest absolute Gasteiger partial charge is 0.346 e. The molecule has 0 aliphatic heterocycles. The molecule has 0 atom stereocenters. The predicted octanol–water partition coefficient (Wildman–Crippen LogP) is -0.0980. The summed E-state index contributed by atoms with van der Waals surface area (Å²) in [6.07, 6.45) is 1.96. The Labute approximate surface area is 76.5 Å². The number of rotatable bonds is 3. The number of hydrogen-bond donors (Lipinski definition) is 3. The highest BCUT2D eigenvalue weighted by Crippen LogP contribution is 1.93. The monoisotopic (exact) mass is 187 g/mol. The maximum atomic E-state index is 10.0. The molecular formula is C8H13NO4. The molecule has 0 aromatic rings. The van der Waals surface area contributed by atoms with Gasteiger partial charge in [0, 0.05) is 0 Å². The number of aliphatic hydroxyl groups is 2. The van der Waals surface area contributed by atoms with E-state index in [-0.39, 0.29) is 18.8 Å². The Hall–Kier alpha value is -1.38. The molecule has 0 saturated carbocycles. The number of allylic oxidation sites excluding steroid dienone is 1. The van der Waals surface area contributed by atoms with Gasteiger partial charge in [-0.1, -0.05) is 13.0 Å². The van der Waals surface area contributed by atoms with Crippen LogP contribution in [0.3, 0.4) is 0 Å². The first-order valence-corrected chi connectivity index (χ1v) is 3.69. The molecule has 0 aromatic carbocycles. The highest BCUT2D eigenvalue weighted by molar-refractivity contribution is 5.90. The lowest BCUT2D eigenvalue weighted by Gasteiger charge is -1.84. The zero-order chi connectivity index (χ0) is 10.7. The van der Waals surface area contributed by atoms with Gasteiger partial charge in [-0.2, -0.15) is 5.26 Å². The third kappa shape index (κ3) is 10.6. The third-order valence-corrected chi connectivity index (χ3v) is 0.859. The van der Waals surface area contributed by atoms with Crippen LogP contribution in [-0.2, 0) is 4.79 Å². The van der Waals surface area contributed by atoms with Gasteiger partial charge in [0.15, 0.2) is 0 Å². The molecule has 0 aliphatic rings. The minimum atomic E-state index is -1.15. The summed E-state index contributed by atoms with van der Waals surface area (Å²) in [6, 6.07) is 1.56. The van der Waals surface area contributed by atoms with Gasteiger partial charge in [0.05, 0.1) is 13.2 Å². The van der Waals surface area contributed by atoms with Crippen molar-refractivity contribution in [1.82, 2.24) is 0 Å². The molecule has 0 radical (unpaired) electrons. The highest BCUT2D eigenvalue weighted by Gasteiger charge is 2.01. The molecule has 0 heterocycles. The number of aliphatic hydroxyl groups excluding tert-OH is 2. The minimum absolute atomic E-state index is 0.125. The molecule has 5 nitrogen and oxygen atoms in total. The fraction of sp³-hybridized carbons (Fsp3) is 0.500. The van der Waals surface area contributed by atoms with E-state index in [2.05, 4.69) is 0 Å². The van der Waals surface area contributed by atoms with Crippen LogP contribution in [0.2, 0.25) is 0 Å². The Morgan fingerprint density at radius 1 is 1.46 bits per heavy atom.